The summed E-state index contributed by atoms with van der Waals surface area (Å²) in [6.07, 6.45) is 1.46. The molecule has 1 aromatic heterocycles. The van der Waals surface area contributed by atoms with E-state index in [4.69, 9.17) is 27.9 Å². The summed E-state index contributed by atoms with van der Waals surface area (Å²) in [6.45, 7) is 0. The van der Waals surface area contributed by atoms with Gasteiger partial charge in [0.25, 0.3) is 0 Å². The van der Waals surface area contributed by atoms with Crippen LogP contribution in [0.1, 0.15) is 10.4 Å². The predicted octanol–water partition coefficient (Wildman–Crippen LogP) is 4.45. The Morgan fingerprint density at radius 3 is 2.54 bits per heavy atom. The minimum absolute atomic E-state index is 0.255. The number of halogens is 2. The van der Waals surface area contributed by atoms with E-state index in [2.05, 4.69) is 25.8 Å². The lowest BCUT2D eigenvalue weighted by molar-refractivity contribution is 0.0601. The Bertz CT molecular complexity index is 932. The molecule has 3 rings (SSSR count). The Morgan fingerprint density at radius 1 is 1.04 bits per heavy atom. The van der Waals surface area contributed by atoms with Crippen molar-refractivity contribution in [3.63, 3.8) is 0 Å². The molecule has 0 bridgehead atoms. The third-order valence-corrected chi connectivity index (χ3v) is 3.67. The van der Waals surface area contributed by atoms with E-state index in [9.17, 15) is 4.79 Å². The topological polar surface area (TPSA) is 89.0 Å². The molecule has 26 heavy (non-hydrogen) atoms. The Hall–Kier alpha value is -2.90. The molecule has 0 aliphatic rings. The van der Waals surface area contributed by atoms with E-state index < -0.39 is 5.97 Å². The summed E-state index contributed by atoms with van der Waals surface area (Å²) in [5.74, 6) is 0.274. The van der Waals surface area contributed by atoms with Crippen LogP contribution >= 0.6 is 23.2 Å². The highest BCUT2D eigenvalue weighted by Gasteiger charge is 2.07. The second kappa shape index (κ2) is 7.99. The lowest BCUT2D eigenvalue weighted by atomic mass is 10.2. The van der Waals surface area contributed by atoms with Gasteiger partial charge in [-0.2, -0.15) is 10.1 Å². The molecule has 7 nitrogen and oxygen atoms in total. The summed E-state index contributed by atoms with van der Waals surface area (Å²) in [5, 5.41) is 14.9. The molecule has 1 heterocycles. The van der Waals surface area contributed by atoms with Crippen LogP contribution in [0.5, 0.6) is 0 Å². The quantitative estimate of drug-likeness (QED) is 0.622. The first-order valence-corrected chi connectivity index (χ1v) is 8.17. The van der Waals surface area contributed by atoms with Gasteiger partial charge in [0.2, 0.25) is 5.95 Å². The summed E-state index contributed by atoms with van der Waals surface area (Å²) in [5.41, 5.74) is 1.70. The van der Waals surface area contributed by atoms with Gasteiger partial charge in [0.1, 0.15) is 0 Å². The van der Waals surface area contributed by atoms with Crippen LogP contribution in [0, 0.1) is 0 Å². The average Bonchev–Trinajstić information content (AvgIpc) is 2.60. The van der Waals surface area contributed by atoms with Gasteiger partial charge in [-0.15, -0.1) is 5.10 Å². The van der Waals surface area contributed by atoms with Crippen LogP contribution in [0.3, 0.4) is 0 Å². The maximum absolute atomic E-state index is 11.6. The van der Waals surface area contributed by atoms with Gasteiger partial charge in [0.05, 0.1) is 18.9 Å². The first-order chi connectivity index (χ1) is 12.5. The molecule has 0 unspecified atom stereocenters. The van der Waals surface area contributed by atoms with Crippen molar-refractivity contribution in [2.45, 2.75) is 0 Å². The molecule has 0 atom stereocenters. The third-order valence-electron chi connectivity index (χ3n) is 3.23. The number of aromatic nitrogens is 3. The third kappa shape index (κ3) is 4.59. The van der Waals surface area contributed by atoms with Crippen LogP contribution in [0.25, 0.3) is 0 Å². The molecular formula is C17H13Cl2N5O2. The number of carbonyl (C=O) groups is 1. The Labute approximate surface area is 159 Å². The Morgan fingerprint density at radius 2 is 1.81 bits per heavy atom. The first kappa shape index (κ1) is 17.9. The highest BCUT2D eigenvalue weighted by atomic mass is 35.5. The van der Waals surface area contributed by atoms with Crippen molar-refractivity contribution in [2.75, 3.05) is 17.7 Å². The lowest BCUT2D eigenvalue weighted by Gasteiger charge is -2.09. The number of nitrogens with zero attached hydrogens (tertiary/aromatic N) is 3. The number of ether oxygens (including phenoxy) is 1. The molecule has 2 aromatic carbocycles. The standard InChI is InChI=1S/C17H13Cl2N5O2/c1-26-16(25)10-3-2-4-13(5-10)22-17-23-15(9-20-24-17)21-14-7-11(18)6-12(19)8-14/h2-9H,1H3,(H2,21,22,23,24). The number of benzene rings is 2. The molecule has 0 radical (unpaired) electrons. The van der Waals surface area contributed by atoms with Gasteiger partial charge in [-0.05, 0) is 36.4 Å². The number of rotatable bonds is 5. The fourth-order valence-electron chi connectivity index (χ4n) is 2.16. The number of methoxy groups -OCH3 is 1. The van der Waals surface area contributed by atoms with Gasteiger partial charge in [-0.25, -0.2) is 4.79 Å². The van der Waals surface area contributed by atoms with Crippen molar-refractivity contribution in [1.82, 2.24) is 15.2 Å². The maximum Gasteiger partial charge on any atom is 0.337 e. The van der Waals surface area contributed by atoms with Gasteiger partial charge in [-0.3, -0.25) is 0 Å². The zero-order valence-electron chi connectivity index (χ0n) is 13.5. The highest BCUT2D eigenvalue weighted by Crippen LogP contribution is 2.25. The minimum Gasteiger partial charge on any atom is -0.465 e. The van der Waals surface area contributed by atoms with Crippen LogP contribution in [0.4, 0.5) is 23.1 Å². The molecule has 0 amide bonds. The predicted molar refractivity (Wildman–Crippen MR) is 101 cm³/mol. The zero-order valence-corrected chi connectivity index (χ0v) is 15.0. The Kier molecular flexibility index (Phi) is 5.50. The average molecular weight is 390 g/mol. The molecule has 0 aliphatic carbocycles. The van der Waals surface area contributed by atoms with Gasteiger partial charge in [-0.1, -0.05) is 29.3 Å². The number of hydrogen-bond donors (Lipinski definition) is 2. The zero-order chi connectivity index (χ0) is 18.5. The van der Waals surface area contributed by atoms with E-state index in [0.29, 0.717) is 32.8 Å². The van der Waals surface area contributed by atoms with Crippen LogP contribution in [-0.4, -0.2) is 28.3 Å². The van der Waals surface area contributed by atoms with Crippen molar-refractivity contribution in [2.24, 2.45) is 0 Å². The molecule has 0 saturated carbocycles. The summed E-state index contributed by atoms with van der Waals surface area (Å²) in [7, 11) is 1.33. The maximum atomic E-state index is 11.6. The molecule has 0 fully saturated rings. The summed E-state index contributed by atoms with van der Waals surface area (Å²) in [6, 6.07) is 11.8. The van der Waals surface area contributed by atoms with Crippen LogP contribution in [-0.2, 0) is 4.74 Å². The van der Waals surface area contributed by atoms with Gasteiger partial charge < -0.3 is 15.4 Å². The summed E-state index contributed by atoms with van der Waals surface area (Å²) < 4.78 is 4.70. The highest BCUT2D eigenvalue weighted by molar-refractivity contribution is 6.35. The second-order valence-corrected chi connectivity index (χ2v) is 6.02. The molecular weight excluding hydrogens is 377 g/mol. The molecule has 132 valence electrons. The van der Waals surface area contributed by atoms with E-state index in [1.165, 1.54) is 13.3 Å². The normalized spacial score (nSPS) is 10.3. The molecule has 0 spiro atoms. The number of hydrogen-bond acceptors (Lipinski definition) is 7. The smallest absolute Gasteiger partial charge is 0.337 e. The molecule has 9 heteroatoms. The Balaban J connectivity index is 1.78. The fraction of sp³-hybridized carbons (Fsp3) is 0.0588. The van der Waals surface area contributed by atoms with Gasteiger partial charge in [0, 0.05) is 21.4 Å². The van der Waals surface area contributed by atoms with Crippen molar-refractivity contribution >= 4 is 52.3 Å². The second-order valence-electron chi connectivity index (χ2n) is 5.15. The number of esters is 1. The van der Waals surface area contributed by atoms with E-state index in [0.717, 1.165) is 0 Å². The monoisotopic (exact) mass is 389 g/mol. The van der Waals surface area contributed by atoms with Gasteiger partial charge in [0.15, 0.2) is 5.82 Å². The van der Waals surface area contributed by atoms with Gasteiger partial charge >= 0.3 is 5.97 Å². The fourth-order valence-corrected chi connectivity index (χ4v) is 2.69. The summed E-state index contributed by atoms with van der Waals surface area (Å²) in [4.78, 5) is 15.9. The van der Waals surface area contributed by atoms with Crippen molar-refractivity contribution in [3.05, 3.63) is 64.3 Å². The van der Waals surface area contributed by atoms with Crippen LogP contribution in [0.2, 0.25) is 10.0 Å². The molecule has 0 saturated heterocycles. The van der Waals surface area contributed by atoms with Crippen LogP contribution < -0.4 is 10.6 Å². The lowest BCUT2D eigenvalue weighted by Crippen LogP contribution is -2.04. The molecule has 3 aromatic rings. The SMILES string of the molecule is COC(=O)c1cccc(Nc2nncc(Nc3cc(Cl)cc(Cl)c3)n2)c1. The molecule has 0 aliphatic heterocycles. The number of anilines is 4. The van der Waals surface area contributed by atoms with Crippen molar-refractivity contribution < 1.29 is 9.53 Å². The minimum atomic E-state index is -0.430. The van der Waals surface area contributed by atoms with E-state index in [1.807, 2.05) is 0 Å². The molecule has 2 N–H and O–H groups in total. The summed E-state index contributed by atoms with van der Waals surface area (Å²) >= 11 is 12.0. The van der Waals surface area contributed by atoms with E-state index >= 15 is 0 Å². The van der Waals surface area contributed by atoms with E-state index in [1.54, 1.807) is 42.5 Å². The first-order valence-electron chi connectivity index (χ1n) is 7.42. The van der Waals surface area contributed by atoms with Crippen LogP contribution in [0.15, 0.2) is 48.7 Å². The number of carbonyl (C=O) groups excluding carboxylic acids is 1. The van der Waals surface area contributed by atoms with E-state index in [-0.39, 0.29) is 5.95 Å². The van der Waals surface area contributed by atoms with Crippen molar-refractivity contribution in [3.8, 4) is 0 Å². The number of nitrogens with one attached hydrogen (secondary N) is 2. The largest absolute Gasteiger partial charge is 0.465 e. The van der Waals surface area contributed by atoms with Crippen molar-refractivity contribution in [1.29, 1.82) is 0 Å².